The normalized spacial score (nSPS) is 16.1. The van der Waals surface area contributed by atoms with Crippen LogP contribution < -0.4 is 10.1 Å². The molecule has 1 aliphatic rings. The first-order valence-corrected chi connectivity index (χ1v) is 7.44. The molecule has 4 nitrogen and oxygen atoms in total. The Labute approximate surface area is 130 Å². The van der Waals surface area contributed by atoms with Gasteiger partial charge in [0.05, 0.1) is 12.1 Å². The van der Waals surface area contributed by atoms with Crippen LogP contribution in [0.5, 0.6) is 5.75 Å². The number of benzene rings is 2. The first-order valence-electron chi connectivity index (χ1n) is 6.65. The number of hydrogen-bond donors (Lipinski definition) is 2. The van der Waals surface area contributed by atoms with Crippen molar-refractivity contribution < 1.29 is 14.6 Å². The zero-order valence-electron chi connectivity index (χ0n) is 11.2. The molecule has 1 atom stereocenters. The lowest BCUT2D eigenvalue weighted by Gasteiger charge is -2.14. The number of carboxylic acids is 1. The zero-order valence-corrected chi connectivity index (χ0v) is 12.8. The molecule has 0 aromatic heterocycles. The van der Waals surface area contributed by atoms with E-state index in [4.69, 9.17) is 4.74 Å². The average molecular weight is 348 g/mol. The second kappa shape index (κ2) is 5.77. The summed E-state index contributed by atoms with van der Waals surface area (Å²) in [4.78, 5) is 11.2. The van der Waals surface area contributed by atoms with Gasteiger partial charge in [-0.25, -0.2) is 4.79 Å². The molecule has 1 heterocycles. The second-order valence-corrected chi connectivity index (χ2v) is 5.84. The molecule has 2 aromatic rings. The highest BCUT2D eigenvalue weighted by Crippen LogP contribution is 2.29. The first kappa shape index (κ1) is 13.9. The monoisotopic (exact) mass is 347 g/mol. The number of ether oxygens (including phenoxy) is 1. The molecule has 21 heavy (non-hydrogen) atoms. The van der Waals surface area contributed by atoms with Gasteiger partial charge in [0.25, 0.3) is 0 Å². The molecule has 108 valence electrons. The molecule has 0 radical (unpaired) electrons. The minimum absolute atomic E-state index is 0.0167. The van der Waals surface area contributed by atoms with Crippen LogP contribution in [0.25, 0.3) is 0 Å². The van der Waals surface area contributed by atoms with Gasteiger partial charge < -0.3 is 15.2 Å². The van der Waals surface area contributed by atoms with Gasteiger partial charge in [-0.15, -0.1) is 0 Å². The lowest BCUT2D eigenvalue weighted by atomic mass is 10.1. The molecule has 0 saturated carbocycles. The van der Waals surface area contributed by atoms with Crippen LogP contribution in [0.15, 0.2) is 46.9 Å². The van der Waals surface area contributed by atoms with E-state index in [0.29, 0.717) is 12.2 Å². The van der Waals surface area contributed by atoms with Crippen LogP contribution in [-0.2, 0) is 6.42 Å². The van der Waals surface area contributed by atoms with Gasteiger partial charge in [0.15, 0.2) is 0 Å². The molecule has 0 saturated heterocycles. The molecule has 0 bridgehead atoms. The quantitative estimate of drug-likeness (QED) is 0.887. The molecule has 0 aliphatic carbocycles. The van der Waals surface area contributed by atoms with Crippen molar-refractivity contribution in [3.05, 3.63) is 58.1 Å². The summed E-state index contributed by atoms with van der Waals surface area (Å²) in [5, 5.41) is 12.4. The Kier molecular flexibility index (Phi) is 3.84. The lowest BCUT2D eigenvalue weighted by molar-refractivity contribution is 0.0698. The SMILES string of the molecule is O=C(O)c1ccc(Br)cc1NCC1Cc2ccccc2O1. The van der Waals surface area contributed by atoms with Crippen molar-refractivity contribution >= 4 is 27.6 Å². The van der Waals surface area contributed by atoms with E-state index in [9.17, 15) is 9.90 Å². The van der Waals surface area contributed by atoms with Crippen LogP contribution in [0, 0.1) is 0 Å². The van der Waals surface area contributed by atoms with Gasteiger partial charge in [0.2, 0.25) is 0 Å². The summed E-state index contributed by atoms with van der Waals surface area (Å²) in [6.07, 6.45) is 0.850. The third-order valence-corrected chi connectivity index (χ3v) is 3.94. The van der Waals surface area contributed by atoms with E-state index >= 15 is 0 Å². The fourth-order valence-corrected chi connectivity index (χ4v) is 2.80. The Morgan fingerprint density at radius 2 is 2.14 bits per heavy atom. The van der Waals surface area contributed by atoms with Gasteiger partial charge >= 0.3 is 5.97 Å². The van der Waals surface area contributed by atoms with Crippen molar-refractivity contribution in [1.29, 1.82) is 0 Å². The largest absolute Gasteiger partial charge is 0.488 e. The Balaban J connectivity index is 1.69. The topological polar surface area (TPSA) is 58.6 Å². The Hall–Kier alpha value is -2.01. The van der Waals surface area contributed by atoms with E-state index in [1.165, 1.54) is 5.56 Å². The molecule has 1 unspecified atom stereocenters. The molecule has 2 N–H and O–H groups in total. The van der Waals surface area contributed by atoms with Crippen molar-refractivity contribution in [2.45, 2.75) is 12.5 Å². The van der Waals surface area contributed by atoms with Crippen LogP contribution in [0.3, 0.4) is 0 Å². The number of para-hydroxylation sites is 1. The summed E-state index contributed by atoms with van der Waals surface area (Å²) in [6.45, 7) is 0.561. The highest BCUT2D eigenvalue weighted by Gasteiger charge is 2.22. The number of nitrogens with one attached hydrogen (secondary N) is 1. The number of hydrogen-bond acceptors (Lipinski definition) is 3. The van der Waals surface area contributed by atoms with E-state index in [1.807, 2.05) is 18.2 Å². The van der Waals surface area contributed by atoms with Gasteiger partial charge in [0, 0.05) is 16.6 Å². The van der Waals surface area contributed by atoms with Crippen LogP contribution in [0.2, 0.25) is 0 Å². The minimum Gasteiger partial charge on any atom is -0.488 e. The van der Waals surface area contributed by atoms with Crippen LogP contribution in [0.4, 0.5) is 5.69 Å². The van der Waals surface area contributed by atoms with Crippen molar-refractivity contribution in [2.75, 3.05) is 11.9 Å². The van der Waals surface area contributed by atoms with E-state index in [1.54, 1.807) is 18.2 Å². The summed E-state index contributed by atoms with van der Waals surface area (Å²) in [6, 6.07) is 13.0. The molecular formula is C16H14BrNO3. The third-order valence-electron chi connectivity index (χ3n) is 3.45. The zero-order chi connectivity index (χ0) is 14.8. The molecule has 1 aliphatic heterocycles. The molecule has 2 aromatic carbocycles. The van der Waals surface area contributed by atoms with Gasteiger partial charge in [0.1, 0.15) is 11.9 Å². The molecule has 0 fully saturated rings. The van der Waals surface area contributed by atoms with E-state index in [2.05, 4.69) is 27.3 Å². The van der Waals surface area contributed by atoms with E-state index in [0.717, 1.165) is 16.6 Å². The van der Waals surface area contributed by atoms with Gasteiger partial charge in [-0.05, 0) is 29.8 Å². The van der Waals surface area contributed by atoms with E-state index in [-0.39, 0.29) is 11.7 Å². The number of fused-ring (bicyclic) bond motifs is 1. The van der Waals surface area contributed by atoms with Crippen LogP contribution in [0.1, 0.15) is 15.9 Å². The van der Waals surface area contributed by atoms with Crippen LogP contribution in [-0.4, -0.2) is 23.7 Å². The number of aromatic carboxylic acids is 1. The summed E-state index contributed by atoms with van der Waals surface area (Å²) in [5.74, 6) is -0.0300. The number of carboxylic acid groups (broad SMARTS) is 1. The van der Waals surface area contributed by atoms with Crippen LogP contribution >= 0.6 is 15.9 Å². The number of halogens is 1. The number of rotatable bonds is 4. The first-order chi connectivity index (χ1) is 10.1. The Morgan fingerprint density at radius 3 is 2.90 bits per heavy atom. The fraction of sp³-hybridized carbons (Fsp3) is 0.188. The van der Waals surface area contributed by atoms with Gasteiger partial charge in [-0.3, -0.25) is 0 Å². The Morgan fingerprint density at radius 1 is 1.33 bits per heavy atom. The maximum Gasteiger partial charge on any atom is 0.337 e. The predicted octanol–water partition coefficient (Wildman–Crippen LogP) is 3.56. The summed E-state index contributed by atoms with van der Waals surface area (Å²) >= 11 is 3.36. The van der Waals surface area contributed by atoms with Crippen molar-refractivity contribution in [2.24, 2.45) is 0 Å². The molecule has 3 rings (SSSR count). The van der Waals surface area contributed by atoms with E-state index < -0.39 is 5.97 Å². The standard InChI is InChI=1S/C16H14BrNO3/c17-11-5-6-13(16(19)20)14(8-11)18-9-12-7-10-3-1-2-4-15(10)21-12/h1-6,8,12,18H,7,9H2,(H,19,20). The molecule has 0 spiro atoms. The van der Waals surface area contributed by atoms with Gasteiger partial charge in [-0.2, -0.15) is 0 Å². The van der Waals surface area contributed by atoms with Crippen molar-refractivity contribution in [1.82, 2.24) is 0 Å². The lowest BCUT2D eigenvalue weighted by Crippen LogP contribution is -2.24. The van der Waals surface area contributed by atoms with Gasteiger partial charge in [-0.1, -0.05) is 34.1 Å². The molecule has 0 amide bonds. The molecule has 5 heteroatoms. The summed E-state index contributed by atoms with van der Waals surface area (Å²) in [7, 11) is 0. The smallest absolute Gasteiger partial charge is 0.337 e. The highest BCUT2D eigenvalue weighted by atomic mass is 79.9. The number of anilines is 1. The highest BCUT2D eigenvalue weighted by molar-refractivity contribution is 9.10. The molecular weight excluding hydrogens is 334 g/mol. The Bertz CT molecular complexity index is 662. The maximum absolute atomic E-state index is 11.2. The summed E-state index contributed by atoms with van der Waals surface area (Å²) in [5.41, 5.74) is 2.04. The summed E-state index contributed by atoms with van der Waals surface area (Å²) < 4.78 is 6.68. The van der Waals surface area contributed by atoms with Crippen molar-refractivity contribution in [3.8, 4) is 5.75 Å². The number of carbonyl (C=O) groups is 1. The average Bonchev–Trinajstić information content (AvgIpc) is 2.87. The second-order valence-electron chi connectivity index (χ2n) is 4.93. The fourth-order valence-electron chi connectivity index (χ4n) is 2.44. The van der Waals surface area contributed by atoms with Crippen molar-refractivity contribution in [3.63, 3.8) is 0 Å². The third kappa shape index (κ3) is 3.03. The predicted molar refractivity (Wildman–Crippen MR) is 84.2 cm³/mol. The minimum atomic E-state index is -0.944. The maximum atomic E-state index is 11.2.